The summed E-state index contributed by atoms with van der Waals surface area (Å²) in [6, 6.07) is 9.38. The van der Waals surface area contributed by atoms with Gasteiger partial charge in [0.15, 0.2) is 5.65 Å². The van der Waals surface area contributed by atoms with E-state index in [0.717, 1.165) is 21.5 Å². The van der Waals surface area contributed by atoms with Crippen molar-refractivity contribution in [3.05, 3.63) is 51.8 Å². The van der Waals surface area contributed by atoms with Crippen molar-refractivity contribution in [1.82, 2.24) is 14.8 Å². The van der Waals surface area contributed by atoms with E-state index in [0.29, 0.717) is 17.5 Å². The van der Waals surface area contributed by atoms with Gasteiger partial charge in [-0.3, -0.25) is 0 Å². The van der Waals surface area contributed by atoms with E-state index in [2.05, 4.69) is 26.0 Å². The van der Waals surface area contributed by atoms with Gasteiger partial charge >= 0.3 is 5.97 Å². The smallest absolute Gasteiger partial charge is 0.336 e. The van der Waals surface area contributed by atoms with E-state index in [1.54, 1.807) is 10.7 Å². The molecule has 2 heterocycles. The molecule has 3 rings (SSSR count). The average Bonchev–Trinajstić information content (AvgIpc) is 2.94. The van der Waals surface area contributed by atoms with Crippen LogP contribution in [-0.2, 0) is 6.42 Å². The van der Waals surface area contributed by atoms with Crippen LogP contribution in [0.1, 0.15) is 48.4 Å². The highest BCUT2D eigenvalue weighted by atomic mass is 79.9. The number of carboxylic acid groups (broad SMARTS) is 1. The molecule has 0 spiro atoms. The van der Waals surface area contributed by atoms with Crippen LogP contribution in [0.2, 0.25) is 0 Å². The van der Waals surface area contributed by atoms with Gasteiger partial charge < -0.3 is 5.11 Å². The molecule has 6 heteroatoms. The van der Waals surface area contributed by atoms with Gasteiger partial charge in [-0.15, -0.1) is 0 Å². The number of aromatic nitrogens is 3. The Morgan fingerprint density at radius 2 is 1.96 bits per heavy atom. The first-order valence-electron chi connectivity index (χ1n) is 7.84. The van der Waals surface area contributed by atoms with Crippen molar-refractivity contribution in [2.75, 3.05) is 0 Å². The highest BCUT2D eigenvalue weighted by Gasteiger charge is 2.22. The number of benzene rings is 1. The molecular formula is C18H18BrN3O2. The first-order valence-corrected chi connectivity index (χ1v) is 8.63. The van der Waals surface area contributed by atoms with Gasteiger partial charge in [0.1, 0.15) is 0 Å². The van der Waals surface area contributed by atoms with E-state index in [1.165, 1.54) is 0 Å². The molecule has 0 aliphatic heterocycles. The maximum absolute atomic E-state index is 11.8. The quantitative estimate of drug-likeness (QED) is 0.711. The number of carboxylic acids is 1. The third-order valence-corrected chi connectivity index (χ3v) is 4.46. The number of nitrogens with zero attached hydrogens (tertiary/aromatic N) is 3. The maximum Gasteiger partial charge on any atom is 0.336 e. The molecule has 1 aromatic carbocycles. The summed E-state index contributed by atoms with van der Waals surface area (Å²) in [5.74, 6) is -0.856. The zero-order valence-corrected chi connectivity index (χ0v) is 15.3. The van der Waals surface area contributed by atoms with Crippen LogP contribution in [0.3, 0.4) is 0 Å². The molecule has 0 unspecified atom stereocenters. The second-order valence-corrected chi connectivity index (χ2v) is 6.86. The summed E-state index contributed by atoms with van der Waals surface area (Å²) in [5, 5.41) is 15.0. The Labute approximate surface area is 148 Å². The minimum absolute atomic E-state index is 0.0941. The molecule has 0 radical (unpaired) electrons. The Morgan fingerprint density at radius 1 is 1.29 bits per heavy atom. The molecule has 0 atom stereocenters. The fourth-order valence-electron chi connectivity index (χ4n) is 2.71. The number of aryl methyl sites for hydroxylation is 1. The normalized spacial score (nSPS) is 11.4. The third kappa shape index (κ3) is 2.82. The predicted octanol–water partition coefficient (Wildman–Crippen LogP) is 4.57. The Hall–Kier alpha value is -2.21. The van der Waals surface area contributed by atoms with Gasteiger partial charge in [0, 0.05) is 10.2 Å². The first-order chi connectivity index (χ1) is 11.4. The van der Waals surface area contributed by atoms with Crippen molar-refractivity contribution in [2.24, 2.45) is 0 Å². The lowest BCUT2D eigenvalue weighted by atomic mass is 10.0. The van der Waals surface area contributed by atoms with Crippen LogP contribution in [0.15, 0.2) is 34.8 Å². The van der Waals surface area contributed by atoms with E-state index >= 15 is 0 Å². The van der Waals surface area contributed by atoms with Crippen molar-refractivity contribution in [3.63, 3.8) is 0 Å². The molecule has 0 saturated carbocycles. The van der Waals surface area contributed by atoms with Gasteiger partial charge in [0.2, 0.25) is 0 Å². The summed E-state index contributed by atoms with van der Waals surface area (Å²) in [6.07, 6.45) is 0.665. The number of fused-ring (bicyclic) bond motifs is 1. The average molecular weight is 388 g/mol. The lowest BCUT2D eigenvalue weighted by molar-refractivity contribution is 0.0698. The molecule has 0 bridgehead atoms. The van der Waals surface area contributed by atoms with Gasteiger partial charge in [0.05, 0.1) is 22.3 Å². The molecule has 0 fully saturated rings. The third-order valence-electron chi connectivity index (χ3n) is 3.93. The van der Waals surface area contributed by atoms with E-state index < -0.39 is 5.97 Å². The van der Waals surface area contributed by atoms with Crippen molar-refractivity contribution in [2.45, 2.75) is 33.1 Å². The monoisotopic (exact) mass is 387 g/mol. The van der Waals surface area contributed by atoms with E-state index in [-0.39, 0.29) is 11.5 Å². The summed E-state index contributed by atoms with van der Waals surface area (Å²) in [5.41, 5.74) is 3.21. The minimum Gasteiger partial charge on any atom is -0.478 e. The van der Waals surface area contributed by atoms with Gasteiger partial charge in [-0.25, -0.2) is 14.5 Å². The second-order valence-electron chi connectivity index (χ2n) is 5.95. The number of pyridine rings is 1. The Morgan fingerprint density at radius 3 is 2.50 bits per heavy atom. The van der Waals surface area contributed by atoms with Gasteiger partial charge in [-0.1, -0.05) is 36.7 Å². The number of aromatic carboxylic acids is 1. The lowest BCUT2D eigenvalue weighted by Crippen LogP contribution is -2.03. The summed E-state index contributed by atoms with van der Waals surface area (Å²) < 4.78 is 2.71. The van der Waals surface area contributed by atoms with Crippen LogP contribution in [0, 0.1) is 0 Å². The van der Waals surface area contributed by atoms with Crippen LogP contribution in [0.25, 0.3) is 16.7 Å². The Kier molecular flexibility index (Phi) is 4.41. The van der Waals surface area contributed by atoms with Gasteiger partial charge in [-0.2, -0.15) is 5.10 Å². The highest BCUT2D eigenvalue weighted by Crippen LogP contribution is 2.30. The van der Waals surface area contributed by atoms with Gasteiger partial charge in [-0.05, 0) is 42.7 Å². The zero-order chi connectivity index (χ0) is 17.4. The van der Waals surface area contributed by atoms with Crippen molar-refractivity contribution >= 4 is 32.9 Å². The van der Waals surface area contributed by atoms with Crippen LogP contribution in [0.4, 0.5) is 0 Å². The van der Waals surface area contributed by atoms with Gasteiger partial charge in [0.25, 0.3) is 0 Å². The Balaban J connectivity index is 2.40. The van der Waals surface area contributed by atoms with Crippen molar-refractivity contribution < 1.29 is 9.90 Å². The molecule has 0 aliphatic carbocycles. The molecular weight excluding hydrogens is 370 g/mol. The van der Waals surface area contributed by atoms with Crippen molar-refractivity contribution in [3.8, 4) is 5.69 Å². The molecule has 2 aromatic heterocycles. The number of hydrogen-bond acceptors (Lipinski definition) is 3. The van der Waals surface area contributed by atoms with E-state index in [1.807, 2.05) is 45.0 Å². The fraction of sp³-hybridized carbons (Fsp3) is 0.278. The number of hydrogen-bond donors (Lipinski definition) is 1. The second kappa shape index (κ2) is 6.36. The molecule has 24 heavy (non-hydrogen) atoms. The summed E-state index contributed by atoms with van der Waals surface area (Å²) in [6.45, 7) is 5.98. The summed E-state index contributed by atoms with van der Waals surface area (Å²) in [4.78, 5) is 16.4. The topological polar surface area (TPSA) is 68.0 Å². The zero-order valence-electron chi connectivity index (χ0n) is 13.7. The fourth-order valence-corrected chi connectivity index (χ4v) is 2.97. The summed E-state index contributed by atoms with van der Waals surface area (Å²) in [7, 11) is 0. The molecule has 0 amide bonds. The SMILES string of the molecule is CCc1cc(C(=O)O)c2c(C(C)C)nn(-c3ccc(Br)cc3)c2n1. The summed E-state index contributed by atoms with van der Waals surface area (Å²) >= 11 is 3.43. The van der Waals surface area contributed by atoms with Crippen LogP contribution >= 0.6 is 15.9 Å². The number of rotatable bonds is 4. The maximum atomic E-state index is 11.8. The predicted molar refractivity (Wildman–Crippen MR) is 97.0 cm³/mol. The van der Waals surface area contributed by atoms with E-state index in [9.17, 15) is 9.90 Å². The minimum atomic E-state index is -0.950. The number of carbonyl (C=O) groups is 1. The van der Waals surface area contributed by atoms with Crippen LogP contribution in [-0.4, -0.2) is 25.8 Å². The molecule has 1 N–H and O–H groups in total. The van der Waals surface area contributed by atoms with Crippen molar-refractivity contribution in [1.29, 1.82) is 0 Å². The Bertz CT molecular complexity index is 914. The molecule has 0 aliphatic rings. The van der Waals surface area contributed by atoms with Crippen LogP contribution < -0.4 is 0 Å². The lowest BCUT2D eigenvalue weighted by Gasteiger charge is -2.06. The standard InChI is InChI=1S/C18H18BrN3O2/c1-4-12-9-14(18(23)24)15-16(10(2)3)21-22(17(15)20-12)13-7-5-11(19)6-8-13/h5-10H,4H2,1-3H3,(H,23,24). The molecule has 3 aromatic rings. The van der Waals surface area contributed by atoms with Crippen LogP contribution in [0.5, 0.6) is 0 Å². The van der Waals surface area contributed by atoms with E-state index in [4.69, 9.17) is 0 Å². The molecule has 0 saturated heterocycles. The molecule has 5 nitrogen and oxygen atoms in total. The number of halogens is 1. The highest BCUT2D eigenvalue weighted by molar-refractivity contribution is 9.10. The molecule has 124 valence electrons. The largest absolute Gasteiger partial charge is 0.478 e. The first kappa shape index (κ1) is 16.6.